The monoisotopic (exact) mass is 441 g/mol. The Labute approximate surface area is 185 Å². The molecule has 1 fully saturated rings. The largest absolute Gasteiger partial charge is 0.497 e. The number of carbonyl (C=O) groups excluding carboxylic acids is 2. The van der Waals surface area contributed by atoms with E-state index in [1.165, 1.54) is 32.4 Å². The number of benzene rings is 1. The van der Waals surface area contributed by atoms with Crippen LogP contribution in [0.25, 0.3) is 0 Å². The lowest BCUT2D eigenvalue weighted by molar-refractivity contribution is -0.125. The van der Waals surface area contributed by atoms with Gasteiger partial charge in [-0.2, -0.15) is 5.10 Å². The number of nitrogens with zero attached hydrogens (tertiary/aromatic N) is 3. The van der Waals surface area contributed by atoms with Crippen LogP contribution in [-0.2, 0) is 4.79 Å². The molecule has 1 saturated heterocycles. The van der Waals surface area contributed by atoms with Crippen molar-refractivity contribution < 1.29 is 23.5 Å². The number of amides is 2. The first-order valence-electron chi connectivity index (χ1n) is 9.79. The molecule has 1 aliphatic heterocycles. The Kier molecular flexibility index (Phi) is 6.68. The molecule has 3 N–H and O–H groups in total. The average molecular weight is 441 g/mol. The van der Waals surface area contributed by atoms with Crippen LogP contribution in [0.1, 0.15) is 34.1 Å². The Hall–Kier alpha value is -4.00. The van der Waals surface area contributed by atoms with Crippen LogP contribution in [0, 0.1) is 17.7 Å². The lowest BCUT2D eigenvalue weighted by atomic mass is 10.1. The Balaban J connectivity index is 2.06. The number of nitrogens with one attached hydrogen (secondary N) is 1. The van der Waals surface area contributed by atoms with Crippen molar-refractivity contribution in [2.75, 3.05) is 39.7 Å². The van der Waals surface area contributed by atoms with E-state index in [-0.39, 0.29) is 34.5 Å². The van der Waals surface area contributed by atoms with Gasteiger partial charge in [-0.15, -0.1) is 0 Å². The van der Waals surface area contributed by atoms with E-state index >= 15 is 0 Å². The molecule has 9 nitrogen and oxygen atoms in total. The van der Waals surface area contributed by atoms with Crippen LogP contribution >= 0.6 is 0 Å². The van der Waals surface area contributed by atoms with E-state index in [9.17, 15) is 14.0 Å². The van der Waals surface area contributed by atoms with Gasteiger partial charge >= 0.3 is 0 Å². The standard InChI is InChI=1S/C22H24FN5O4/c1-5-18(29)27-9-8-14(12-27)28-22(25-2)19(21(24)30)16(26-28)7-6-13-10-15(31-3)11-17(32-4)20(13)23/h5,10-11,14,25H,1,8-9,12H2,2-4H3,(H2,24,30). The molecule has 3 rings (SSSR count). The lowest BCUT2D eigenvalue weighted by Crippen LogP contribution is -2.27. The summed E-state index contributed by atoms with van der Waals surface area (Å²) in [4.78, 5) is 25.8. The molecule has 10 heteroatoms. The van der Waals surface area contributed by atoms with E-state index in [0.29, 0.717) is 31.1 Å². The smallest absolute Gasteiger partial charge is 0.255 e. The molecule has 0 saturated carbocycles. The van der Waals surface area contributed by atoms with Crippen molar-refractivity contribution in [3.8, 4) is 23.3 Å². The van der Waals surface area contributed by atoms with Gasteiger partial charge in [0.05, 0.1) is 25.8 Å². The van der Waals surface area contributed by atoms with Crippen molar-refractivity contribution in [2.45, 2.75) is 12.5 Å². The zero-order chi connectivity index (χ0) is 23.4. The van der Waals surface area contributed by atoms with Gasteiger partial charge in [-0.3, -0.25) is 9.59 Å². The van der Waals surface area contributed by atoms with Crippen molar-refractivity contribution in [1.82, 2.24) is 14.7 Å². The van der Waals surface area contributed by atoms with E-state index in [4.69, 9.17) is 15.2 Å². The summed E-state index contributed by atoms with van der Waals surface area (Å²) in [7, 11) is 4.41. The third-order valence-corrected chi connectivity index (χ3v) is 5.17. The second-order valence-electron chi connectivity index (χ2n) is 7.00. The summed E-state index contributed by atoms with van der Waals surface area (Å²) in [6.07, 6.45) is 1.88. The summed E-state index contributed by atoms with van der Waals surface area (Å²) in [6.45, 7) is 4.43. The zero-order valence-electron chi connectivity index (χ0n) is 18.1. The fourth-order valence-electron chi connectivity index (χ4n) is 3.59. The summed E-state index contributed by atoms with van der Waals surface area (Å²) in [5.41, 5.74) is 5.79. The molecule has 0 radical (unpaired) electrons. The number of hydrogen-bond donors (Lipinski definition) is 2. The van der Waals surface area contributed by atoms with Crippen molar-refractivity contribution >= 4 is 17.6 Å². The number of aromatic nitrogens is 2. The van der Waals surface area contributed by atoms with Gasteiger partial charge < -0.3 is 25.4 Å². The predicted octanol–water partition coefficient (Wildman–Crippen LogP) is 1.54. The highest BCUT2D eigenvalue weighted by molar-refractivity contribution is 6.00. The van der Waals surface area contributed by atoms with Crippen LogP contribution in [-0.4, -0.2) is 60.9 Å². The number of halogens is 1. The SMILES string of the molecule is C=CC(=O)N1CCC(n2nc(C#Cc3cc(OC)cc(OC)c3F)c(C(N)=O)c2NC)C1. The van der Waals surface area contributed by atoms with Gasteiger partial charge in [0.25, 0.3) is 5.91 Å². The molecule has 2 amide bonds. The topological polar surface area (TPSA) is 112 Å². The van der Waals surface area contributed by atoms with Gasteiger partial charge in [-0.25, -0.2) is 9.07 Å². The Morgan fingerprint density at radius 3 is 2.69 bits per heavy atom. The number of hydrogen-bond acceptors (Lipinski definition) is 6. The van der Waals surface area contributed by atoms with Crippen LogP contribution in [0.3, 0.4) is 0 Å². The molecular weight excluding hydrogens is 417 g/mol. The minimum absolute atomic E-state index is 0.0146. The first-order chi connectivity index (χ1) is 15.3. The second kappa shape index (κ2) is 9.43. The Bertz CT molecular complexity index is 1130. The third kappa shape index (κ3) is 4.23. The van der Waals surface area contributed by atoms with Gasteiger partial charge in [0, 0.05) is 26.2 Å². The first kappa shape index (κ1) is 22.7. The van der Waals surface area contributed by atoms with Gasteiger partial charge in [0.2, 0.25) is 5.91 Å². The van der Waals surface area contributed by atoms with E-state index in [1.807, 2.05) is 0 Å². The number of anilines is 1. The van der Waals surface area contributed by atoms with Crippen molar-refractivity contribution in [1.29, 1.82) is 0 Å². The van der Waals surface area contributed by atoms with Crippen LogP contribution in [0.4, 0.5) is 10.2 Å². The third-order valence-electron chi connectivity index (χ3n) is 5.17. The highest BCUT2D eigenvalue weighted by atomic mass is 19.1. The van der Waals surface area contributed by atoms with E-state index < -0.39 is 11.7 Å². The number of methoxy groups -OCH3 is 2. The van der Waals surface area contributed by atoms with Gasteiger partial charge in [-0.05, 0) is 24.5 Å². The van der Waals surface area contributed by atoms with Crippen molar-refractivity contribution in [2.24, 2.45) is 5.73 Å². The molecule has 1 atom stereocenters. The van der Waals surface area contributed by atoms with Crippen LogP contribution < -0.4 is 20.5 Å². The molecule has 1 unspecified atom stereocenters. The van der Waals surface area contributed by atoms with Crippen LogP contribution in [0.2, 0.25) is 0 Å². The molecule has 32 heavy (non-hydrogen) atoms. The fraction of sp³-hybridized carbons (Fsp3) is 0.318. The molecule has 1 aliphatic rings. The Morgan fingerprint density at radius 2 is 2.09 bits per heavy atom. The molecule has 1 aromatic heterocycles. The first-order valence-corrected chi connectivity index (χ1v) is 9.79. The van der Waals surface area contributed by atoms with E-state index in [1.54, 1.807) is 16.6 Å². The molecule has 0 aliphatic carbocycles. The maximum absolute atomic E-state index is 14.6. The summed E-state index contributed by atoms with van der Waals surface area (Å²) < 4.78 is 26.4. The molecular formula is C22H24FN5O4. The number of primary amides is 1. The maximum atomic E-state index is 14.6. The molecule has 0 spiro atoms. The molecule has 1 aromatic carbocycles. The maximum Gasteiger partial charge on any atom is 0.255 e. The average Bonchev–Trinajstić information content (AvgIpc) is 3.42. The van der Waals surface area contributed by atoms with Crippen molar-refractivity contribution in [3.05, 3.63) is 47.4 Å². The number of rotatable bonds is 6. The second-order valence-corrected chi connectivity index (χ2v) is 7.00. The Morgan fingerprint density at radius 1 is 1.34 bits per heavy atom. The highest BCUT2D eigenvalue weighted by Crippen LogP contribution is 2.30. The summed E-state index contributed by atoms with van der Waals surface area (Å²) in [5, 5.41) is 7.41. The number of likely N-dealkylation sites (tertiary alicyclic amines) is 1. The quantitative estimate of drug-likeness (QED) is 0.520. The molecule has 0 bridgehead atoms. The molecule has 2 heterocycles. The summed E-state index contributed by atoms with van der Waals surface area (Å²) in [6, 6.07) is 2.63. The fourth-order valence-corrected chi connectivity index (χ4v) is 3.59. The summed E-state index contributed by atoms with van der Waals surface area (Å²) in [5.74, 6) is 4.58. The van der Waals surface area contributed by atoms with Gasteiger partial charge in [0.15, 0.2) is 17.3 Å². The normalized spacial score (nSPS) is 15.0. The molecule has 2 aromatic rings. The highest BCUT2D eigenvalue weighted by Gasteiger charge is 2.31. The van der Waals surface area contributed by atoms with Gasteiger partial charge in [0.1, 0.15) is 17.1 Å². The summed E-state index contributed by atoms with van der Waals surface area (Å²) >= 11 is 0. The number of ether oxygens (including phenoxy) is 2. The van der Waals surface area contributed by atoms with Crippen LogP contribution in [0.5, 0.6) is 11.5 Å². The minimum Gasteiger partial charge on any atom is -0.497 e. The minimum atomic E-state index is -0.731. The zero-order valence-corrected chi connectivity index (χ0v) is 18.1. The number of nitrogens with two attached hydrogens (primary N) is 1. The number of carbonyl (C=O) groups is 2. The van der Waals surface area contributed by atoms with E-state index in [2.05, 4.69) is 28.8 Å². The molecule has 168 valence electrons. The predicted molar refractivity (Wildman–Crippen MR) is 116 cm³/mol. The van der Waals surface area contributed by atoms with Gasteiger partial charge in [-0.1, -0.05) is 12.5 Å². The van der Waals surface area contributed by atoms with E-state index in [0.717, 1.165) is 0 Å². The van der Waals surface area contributed by atoms with Crippen LogP contribution in [0.15, 0.2) is 24.8 Å². The lowest BCUT2D eigenvalue weighted by Gasteiger charge is -2.16. The van der Waals surface area contributed by atoms with Crippen molar-refractivity contribution in [3.63, 3.8) is 0 Å².